The highest BCUT2D eigenvalue weighted by Crippen LogP contribution is 2.35. The first-order valence-corrected chi connectivity index (χ1v) is 15.5. The summed E-state index contributed by atoms with van der Waals surface area (Å²) in [4.78, 5) is 51.2. The van der Waals surface area contributed by atoms with Crippen LogP contribution in [0.15, 0.2) is 29.6 Å². The van der Waals surface area contributed by atoms with E-state index in [2.05, 4.69) is 27.5 Å². The van der Waals surface area contributed by atoms with Gasteiger partial charge >= 0.3 is 0 Å². The van der Waals surface area contributed by atoms with Crippen molar-refractivity contribution in [3.05, 3.63) is 35.2 Å². The number of rotatable bonds is 6. The van der Waals surface area contributed by atoms with Gasteiger partial charge in [0.05, 0.1) is 11.8 Å². The zero-order valence-corrected chi connectivity index (χ0v) is 24.2. The predicted octanol–water partition coefficient (Wildman–Crippen LogP) is 3.06. The van der Waals surface area contributed by atoms with Crippen LogP contribution in [-0.2, 0) is 14.3 Å². The minimum Gasteiger partial charge on any atom is -0.367 e. The number of carbonyl (C=O) groups is 3. The average molecular weight is 566 g/mol. The molecule has 9 nitrogen and oxygen atoms in total. The lowest BCUT2D eigenvalue weighted by atomic mass is 9.83. The van der Waals surface area contributed by atoms with Crippen LogP contribution in [0.3, 0.4) is 0 Å². The third-order valence-electron chi connectivity index (χ3n) is 9.11. The Morgan fingerprint density at radius 1 is 1.07 bits per heavy atom. The summed E-state index contributed by atoms with van der Waals surface area (Å²) >= 11 is 1.65. The van der Waals surface area contributed by atoms with Gasteiger partial charge in [-0.25, -0.2) is 4.98 Å². The number of benzene rings is 1. The number of aromatic nitrogens is 1. The van der Waals surface area contributed by atoms with Crippen molar-refractivity contribution in [2.75, 3.05) is 51.3 Å². The van der Waals surface area contributed by atoms with Gasteiger partial charge in [0.15, 0.2) is 10.9 Å². The summed E-state index contributed by atoms with van der Waals surface area (Å²) in [7, 11) is 2.14. The number of nitrogens with zero attached hydrogens (tertiary/aromatic N) is 4. The maximum absolute atomic E-state index is 13.9. The molecular weight excluding hydrogens is 526 g/mol. The van der Waals surface area contributed by atoms with E-state index in [1.165, 1.54) is 0 Å². The molecule has 4 aliphatic rings. The van der Waals surface area contributed by atoms with Crippen LogP contribution in [0, 0.1) is 11.8 Å². The van der Waals surface area contributed by atoms with Crippen LogP contribution in [0.1, 0.15) is 49.4 Å². The first-order valence-electron chi connectivity index (χ1n) is 14.6. The number of hydrogen-bond acceptors (Lipinski definition) is 8. The molecule has 1 aromatic heterocycles. The van der Waals surface area contributed by atoms with Crippen molar-refractivity contribution in [1.82, 2.24) is 20.1 Å². The van der Waals surface area contributed by atoms with Gasteiger partial charge in [-0.3, -0.25) is 14.4 Å². The molecule has 0 unspecified atom stereocenters. The highest BCUT2D eigenvalue weighted by molar-refractivity contribution is 7.14. The maximum atomic E-state index is 13.9. The van der Waals surface area contributed by atoms with Gasteiger partial charge in [-0.15, -0.1) is 11.3 Å². The Morgan fingerprint density at radius 2 is 1.80 bits per heavy atom. The molecule has 0 spiro atoms. The van der Waals surface area contributed by atoms with E-state index in [0.717, 1.165) is 74.7 Å². The van der Waals surface area contributed by atoms with Gasteiger partial charge in [0.1, 0.15) is 18.7 Å². The zero-order valence-electron chi connectivity index (χ0n) is 23.4. The van der Waals surface area contributed by atoms with E-state index in [1.54, 1.807) is 16.2 Å². The molecule has 214 valence electrons. The molecule has 1 aromatic carbocycles. The zero-order chi connectivity index (χ0) is 27.8. The molecule has 2 amide bonds. The summed E-state index contributed by atoms with van der Waals surface area (Å²) < 4.78 is 5.71. The maximum Gasteiger partial charge on any atom is 0.251 e. The molecular formula is C30H39N5O4S. The second-order valence-electron chi connectivity index (χ2n) is 11.9. The van der Waals surface area contributed by atoms with Crippen molar-refractivity contribution in [2.24, 2.45) is 11.8 Å². The molecule has 40 heavy (non-hydrogen) atoms. The minimum absolute atomic E-state index is 0.0372. The highest BCUT2D eigenvalue weighted by atomic mass is 32.1. The molecule has 2 aromatic rings. The number of ketones is 1. The van der Waals surface area contributed by atoms with Gasteiger partial charge in [0.25, 0.3) is 5.91 Å². The Bertz CT molecular complexity index is 1230. The number of nitrogens with one attached hydrogen (secondary N) is 1. The van der Waals surface area contributed by atoms with Gasteiger partial charge in [0, 0.05) is 55.1 Å². The Kier molecular flexibility index (Phi) is 7.92. The molecule has 1 aliphatic carbocycles. The number of amides is 2. The fourth-order valence-electron chi connectivity index (χ4n) is 6.70. The lowest BCUT2D eigenvalue weighted by Gasteiger charge is -2.34. The Morgan fingerprint density at radius 3 is 2.52 bits per heavy atom. The molecule has 1 N–H and O–H groups in total. The topological polar surface area (TPSA) is 95.1 Å². The normalized spacial score (nSPS) is 26.6. The molecule has 3 aliphatic heterocycles. The molecule has 3 saturated heterocycles. The molecule has 0 bridgehead atoms. The standard InChI is InChI=1S/C30H39N5O4S/c1-19-16-35(26-24(36)17-39-27(19)26)29(38)25(21-6-4-3-5-7-21)32-28(37)22-10-8-20(9-11-22)23-18-40-30(31-23)34-14-12-33(2)13-15-34/h8-11,18-19,21,25-27H,3-7,12-17H2,1-2H3,(H,32,37)/t19-,25+,26-,27-/m1/s1. The van der Waals surface area contributed by atoms with Crippen LogP contribution in [0.2, 0.25) is 0 Å². The molecule has 4 heterocycles. The van der Waals surface area contributed by atoms with Crippen molar-refractivity contribution >= 4 is 34.1 Å². The lowest BCUT2D eigenvalue weighted by molar-refractivity contribution is -0.139. The Labute approximate surface area is 239 Å². The van der Waals surface area contributed by atoms with E-state index in [0.29, 0.717) is 12.1 Å². The first kappa shape index (κ1) is 27.4. The average Bonchev–Trinajstić information content (AvgIpc) is 3.70. The number of likely N-dealkylation sites (N-methyl/N-ethyl adjacent to an activating group) is 1. The Hall–Kier alpha value is -2.82. The number of carbonyl (C=O) groups excluding carboxylic acids is 3. The van der Waals surface area contributed by atoms with E-state index in [9.17, 15) is 14.4 Å². The number of piperazine rings is 1. The predicted molar refractivity (Wildman–Crippen MR) is 155 cm³/mol. The number of anilines is 1. The molecule has 4 fully saturated rings. The van der Waals surface area contributed by atoms with Crippen molar-refractivity contribution in [2.45, 2.75) is 57.2 Å². The number of hydrogen-bond donors (Lipinski definition) is 1. The molecule has 10 heteroatoms. The number of Topliss-reactive ketones (excluding diaryl/α,β-unsaturated/α-hetero) is 1. The number of likely N-dealkylation sites (tertiary alicyclic amines) is 1. The van der Waals surface area contributed by atoms with Gasteiger partial charge in [-0.2, -0.15) is 0 Å². The van der Waals surface area contributed by atoms with Crippen molar-refractivity contribution < 1.29 is 19.1 Å². The minimum atomic E-state index is -0.642. The summed E-state index contributed by atoms with van der Waals surface area (Å²) in [6.07, 6.45) is 4.81. The van der Waals surface area contributed by atoms with Gasteiger partial charge in [0.2, 0.25) is 5.91 Å². The molecule has 0 radical (unpaired) electrons. The van der Waals surface area contributed by atoms with Crippen molar-refractivity contribution in [1.29, 1.82) is 0 Å². The smallest absolute Gasteiger partial charge is 0.251 e. The van der Waals surface area contributed by atoms with E-state index in [1.807, 2.05) is 31.2 Å². The SMILES string of the molecule is C[C@@H]1CN(C(=O)[C@@H](NC(=O)c2ccc(-c3csc(N4CCN(C)CC4)n3)cc2)C2CCCCC2)[C@@H]2C(=O)CO[C@H]12. The fourth-order valence-corrected chi connectivity index (χ4v) is 7.59. The van der Waals surface area contributed by atoms with Crippen LogP contribution >= 0.6 is 11.3 Å². The number of ether oxygens (including phenoxy) is 1. The van der Waals surface area contributed by atoms with E-state index in [4.69, 9.17) is 9.72 Å². The summed E-state index contributed by atoms with van der Waals surface area (Å²) in [6.45, 7) is 6.58. The second-order valence-corrected chi connectivity index (χ2v) is 12.7. The van der Waals surface area contributed by atoms with Crippen LogP contribution < -0.4 is 10.2 Å². The molecule has 1 saturated carbocycles. The molecule has 6 rings (SSSR count). The summed E-state index contributed by atoms with van der Waals surface area (Å²) in [6, 6.07) is 6.30. The summed E-state index contributed by atoms with van der Waals surface area (Å²) in [5.41, 5.74) is 2.38. The van der Waals surface area contributed by atoms with Crippen LogP contribution in [0.4, 0.5) is 5.13 Å². The van der Waals surface area contributed by atoms with Gasteiger partial charge in [-0.05, 0) is 37.9 Å². The van der Waals surface area contributed by atoms with Crippen LogP contribution in [-0.4, -0.2) is 96.9 Å². The Balaban J connectivity index is 1.16. The number of thiazole rings is 1. The first-order chi connectivity index (χ1) is 19.4. The summed E-state index contributed by atoms with van der Waals surface area (Å²) in [5.74, 6) is -0.277. The monoisotopic (exact) mass is 565 g/mol. The second kappa shape index (κ2) is 11.6. The molecule has 4 atom stereocenters. The number of fused-ring (bicyclic) bond motifs is 1. The summed E-state index contributed by atoms with van der Waals surface area (Å²) in [5, 5.41) is 6.19. The fraction of sp³-hybridized carbons (Fsp3) is 0.600. The van der Waals surface area contributed by atoms with E-state index >= 15 is 0 Å². The van der Waals surface area contributed by atoms with Gasteiger partial charge in [-0.1, -0.05) is 38.3 Å². The van der Waals surface area contributed by atoms with Crippen molar-refractivity contribution in [3.8, 4) is 11.3 Å². The third kappa shape index (κ3) is 5.41. The van der Waals surface area contributed by atoms with Crippen molar-refractivity contribution in [3.63, 3.8) is 0 Å². The third-order valence-corrected chi connectivity index (χ3v) is 10.0. The lowest BCUT2D eigenvalue weighted by Crippen LogP contribution is -2.55. The largest absolute Gasteiger partial charge is 0.367 e. The highest BCUT2D eigenvalue weighted by Gasteiger charge is 2.52. The van der Waals surface area contributed by atoms with Crippen LogP contribution in [0.25, 0.3) is 11.3 Å². The quantitative estimate of drug-likeness (QED) is 0.575. The van der Waals surface area contributed by atoms with E-state index in [-0.39, 0.29) is 42.1 Å². The van der Waals surface area contributed by atoms with Gasteiger partial charge < -0.3 is 24.8 Å². The van der Waals surface area contributed by atoms with Crippen LogP contribution in [0.5, 0.6) is 0 Å². The van der Waals surface area contributed by atoms with E-state index < -0.39 is 12.1 Å².